The molecule has 0 radical (unpaired) electrons. The van der Waals surface area contributed by atoms with Crippen molar-refractivity contribution in [2.45, 2.75) is 32.9 Å². The van der Waals surface area contributed by atoms with Crippen LogP contribution in [0.5, 0.6) is 0 Å². The van der Waals surface area contributed by atoms with E-state index in [9.17, 15) is 9.59 Å². The van der Waals surface area contributed by atoms with E-state index in [0.717, 1.165) is 0 Å². The lowest BCUT2D eigenvalue weighted by Gasteiger charge is -2.19. The highest BCUT2D eigenvalue weighted by Gasteiger charge is 2.16. The number of carbonyl (C=O) groups excluding carboxylic acids is 2. The first-order chi connectivity index (χ1) is 8.81. The first-order valence-corrected chi connectivity index (χ1v) is 5.70. The monoisotopic (exact) mass is 270 g/mol. The van der Waals surface area contributed by atoms with E-state index >= 15 is 0 Å². The van der Waals surface area contributed by atoms with Crippen LogP contribution in [0.3, 0.4) is 0 Å². The third-order valence-electron chi connectivity index (χ3n) is 1.90. The zero-order chi connectivity index (χ0) is 14.5. The number of rotatable bonds is 4. The largest absolute Gasteiger partial charge is 0.463 e. The number of hydrazine groups is 1. The van der Waals surface area contributed by atoms with Gasteiger partial charge in [-0.2, -0.15) is 0 Å². The molecule has 1 rings (SSSR count). The number of hydrogen-bond donors (Lipinski definition) is 2. The molecule has 7 heteroatoms. The van der Waals surface area contributed by atoms with Crippen LogP contribution in [-0.4, -0.2) is 24.8 Å². The van der Waals surface area contributed by atoms with E-state index in [0.29, 0.717) is 5.76 Å². The average Bonchev–Trinajstić information content (AvgIpc) is 2.74. The zero-order valence-electron chi connectivity index (χ0n) is 11.4. The first kappa shape index (κ1) is 15.0. The van der Waals surface area contributed by atoms with Gasteiger partial charge >= 0.3 is 12.1 Å². The highest BCUT2D eigenvalue weighted by molar-refractivity contribution is 5.86. The van der Waals surface area contributed by atoms with Gasteiger partial charge in [0.1, 0.15) is 11.4 Å². The van der Waals surface area contributed by atoms with Gasteiger partial charge < -0.3 is 13.9 Å². The second-order valence-corrected chi connectivity index (χ2v) is 4.74. The van der Waals surface area contributed by atoms with Gasteiger partial charge in [-0.1, -0.05) is 0 Å². The Labute approximate surface area is 111 Å². The molecule has 0 atom stereocenters. The summed E-state index contributed by atoms with van der Waals surface area (Å²) in [6.45, 7) is 5.52. The topological polar surface area (TPSA) is 89.8 Å². The molecule has 0 bridgehead atoms. The Morgan fingerprint density at radius 1 is 1.32 bits per heavy atom. The van der Waals surface area contributed by atoms with Crippen molar-refractivity contribution in [2.75, 3.05) is 7.11 Å². The van der Waals surface area contributed by atoms with Crippen LogP contribution in [0, 0.1) is 0 Å². The summed E-state index contributed by atoms with van der Waals surface area (Å²) in [7, 11) is 1.27. The predicted octanol–water partition coefficient (Wildman–Crippen LogP) is 1.60. The van der Waals surface area contributed by atoms with Crippen LogP contribution in [-0.2, 0) is 16.0 Å². The average molecular weight is 270 g/mol. The lowest BCUT2D eigenvalue weighted by Crippen LogP contribution is -2.40. The minimum atomic E-state index is -0.591. The third kappa shape index (κ3) is 5.43. The molecule has 106 valence electrons. The zero-order valence-corrected chi connectivity index (χ0v) is 11.4. The standard InChI is InChI=1S/C12H18N2O5/c1-12(2,3)19-11(16)14-13-7-8-5-6-9(18-8)10(15)17-4/h5-6,13H,7H2,1-4H3,(H,14,16). The van der Waals surface area contributed by atoms with Gasteiger partial charge in [0, 0.05) is 0 Å². The van der Waals surface area contributed by atoms with Crippen molar-refractivity contribution in [3.05, 3.63) is 23.7 Å². The maximum Gasteiger partial charge on any atom is 0.422 e. The van der Waals surface area contributed by atoms with E-state index in [1.807, 2.05) is 0 Å². The van der Waals surface area contributed by atoms with E-state index in [1.165, 1.54) is 13.2 Å². The predicted molar refractivity (Wildman–Crippen MR) is 66.3 cm³/mol. The maximum atomic E-state index is 11.3. The normalized spacial score (nSPS) is 10.9. The van der Waals surface area contributed by atoms with Crippen LogP contribution in [0.4, 0.5) is 4.79 Å². The number of furan rings is 1. The molecule has 1 heterocycles. The molecule has 1 amide bonds. The molecule has 1 aromatic rings. The van der Waals surface area contributed by atoms with Gasteiger partial charge in [-0.05, 0) is 32.9 Å². The Bertz CT molecular complexity index is 447. The Kier molecular flexibility index (Phi) is 4.94. The molecule has 0 aliphatic heterocycles. The van der Waals surface area contributed by atoms with Crippen molar-refractivity contribution >= 4 is 12.1 Å². The summed E-state index contributed by atoms with van der Waals surface area (Å²) >= 11 is 0. The van der Waals surface area contributed by atoms with Crippen LogP contribution in [0.1, 0.15) is 37.1 Å². The van der Waals surface area contributed by atoms with Crippen molar-refractivity contribution in [1.29, 1.82) is 0 Å². The Balaban J connectivity index is 2.35. The highest BCUT2D eigenvalue weighted by Crippen LogP contribution is 2.09. The SMILES string of the molecule is COC(=O)c1ccc(CNNC(=O)OC(C)(C)C)o1. The lowest BCUT2D eigenvalue weighted by molar-refractivity contribution is 0.0491. The fourth-order valence-corrected chi connectivity index (χ4v) is 1.19. The minimum absolute atomic E-state index is 0.108. The molecule has 7 nitrogen and oxygen atoms in total. The third-order valence-corrected chi connectivity index (χ3v) is 1.90. The van der Waals surface area contributed by atoms with Gasteiger partial charge in [0.25, 0.3) is 0 Å². The molecule has 0 aromatic carbocycles. The van der Waals surface area contributed by atoms with E-state index < -0.39 is 17.7 Å². The minimum Gasteiger partial charge on any atom is -0.463 e. The summed E-state index contributed by atoms with van der Waals surface area (Å²) in [6.07, 6.45) is -0.591. The molecular weight excluding hydrogens is 252 g/mol. The number of nitrogens with one attached hydrogen (secondary N) is 2. The summed E-state index contributed by atoms with van der Waals surface area (Å²) in [5.41, 5.74) is 4.42. The molecule has 19 heavy (non-hydrogen) atoms. The van der Waals surface area contributed by atoms with E-state index in [1.54, 1.807) is 26.8 Å². The van der Waals surface area contributed by atoms with Crippen LogP contribution in [0.25, 0.3) is 0 Å². The van der Waals surface area contributed by atoms with Crippen LogP contribution in [0.2, 0.25) is 0 Å². The molecular formula is C12H18N2O5. The second-order valence-electron chi connectivity index (χ2n) is 4.74. The van der Waals surface area contributed by atoms with Gasteiger partial charge in [0.2, 0.25) is 5.76 Å². The van der Waals surface area contributed by atoms with Gasteiger partial charge in [-0.3, -0.25) is 5.43 Å². The molecule has 0 fully saturated rings. The molecule has 0 saturated carbocycles. The van der Waals surface area contributed by atoms with Crippen molar-refractivity contribution in [3.63, 3.8) is 0 Å². The van der Waals surface area contributed by atoms with E-state index in [4.69, 9.17) is 9.15 Å². The molecule has 2 N–H and O–H groups in total. The molecule has 0 spiro atoms. The van der Waals surface area contributed by atoms with E-state index in [2.05, 4.69) is 15.6 Å². The van der Waals surface area contributed by atoms with Gasteiger partial charge in [-0.25, -0.2) is 15.0 Å². The number of methoxy groups -OCH3 is 1. The molecule has 0 aliphatic carbocycles. The summed E-state index contributed by atoms with van der Waals surface area (Å²) in [5.74, 6) is 0.0411. The van der Waals surface area contributed by atoms with E-state index in [-0.39, 0.29) is 12.3 Å². The smallest absolute Gasteiger partial charge is 0.422 e. The van der Waals surface area contributed by atoms with Crippen molar-refractivity contribution in [3.8, 4) is 0 Å². The van der Waals surface area contributed by atoms with Crippen molar-refractivity contribution in [2.24, 2.45) is 0 Å². The summed E-state index contributed by atoms with van der Waals surface area (Å²) in [5, 5.41) is 0. The Morgan fingerprint density at radius 2 is 2.00 bits per heavy atom. The maximum absolute atomic E-state index is 11.3. The van der Waals surface area contributed by atoms with Crippen LogP contribution >= 0.6 is 0 Å². The molecule has 0 aliphatic rings. The van der Waals surface area contributed by atoms with Crippen LogP contribution in [0.15, 0.2) is 16.5 Å². The fourth-order valence-electron chi connectivity index (χ4n) is 1.19. The summed E-state index contributed by atoms with van der Waals surface area (Å²) in [4.78, 5) is 22.4. The van der Waals surface area contributed by atoms with Gasteiger partial charge in [-0.15, -0.1) is 0 Å². The Hall–Kier alpha value is -2.02. The van der Waals surface area contributed by atoms with Crippen molar-refractivity contribution in [1.82, 2.24) is 10.9 Å². The number of amides is 1. The van der Waals surface area contributed by atoms with Gasteiger partial charge in [0.05, 0.1) is 13.7 Å². The first-order valence-electron chi connectivity index (χ1n) is 5.70. The fraction of sp³-hybridized carbons (Fsp3) is 0.500. The summed E-state index contributed by atoms with van der Waals surface area (Å²) in [6, 6.07) is 3.10. The van der Waals surface area contributed by atoms with Crippen LogP contribution < -0.4 is 10.9 Å². The Morgan fingerprint density at radius 3 is 2.58 bits per heavy atom. The number of ether oxygens (including phenoxy) is 2. The summed E-state index contributed by atoms with van der Waals surface area (Å²) < 4.78 is 14.7. The second kappa shape index (κ2) is 6.24. The number of carbonyl (C=O) groups is 2. The number of esters is 1. The highest BCUT2D eigenvalue weighted by atomic mass is 16.6. The van der Waals surface area contributed by atoms with Crippen molar-refractivity contribution < 1.29 is 23.5 Å². The van der Waals surface area contributed by atoms with Gasteiger partial charge in [0.15, 0.2) is 0 Å². The molecule has 0 unspecified atom stereocenters. The lowest BCUT2D eigenvalue weighted by atomic mass is 10.2. The molecule has 0 saturated heterocycles. The number of hydrogen-bond acceptors (Lipinski definition) is 6. The molecule has 1 aromatic heterocycles. The quantitative estimate of drug-likeness (QED) is 0.638.